The highest BCUT2D eigenvalue weighted by molar-refractivity contribution is 6.33. The molecule has 0 aliphatic heterocycles. The minimum absolute atomic E-state index is 0.000000000000000444. The zero-order chi connectivity index (χ0) is 36.0. The molecule has 46 heavy (non-hydrogen) atoms. The van der Waals surface area contributed by atoms with Crippen LogP contribution in [-0.2, 0) is 0 Å². The Balaban J connectivity index is 0. The van der Waals surface area contributed by atoms with E-state index in [0.717, 1.165) is 0 Å². The lowest BCUT2D eigenvalue weighted by molar-refractivity contribution is 0.915. The van der Waals surface area contributed by atoms with Crippen LogP contribution in [-0.4, -0.2) is 102 Å². The maximum atomic E-state index is 5.61. The second kappa shape index (κ2) is 25.2. The van der Waals surface area contributed by atoms with Crippen molar-refractivity contribution in [3.8, 4) is 0 Å². The number of aromatic nitrogens is 12. The quantitative estimate of drug-likeness (QED) is 0.148. The van der Waals surface area contributed by atoms with Crippen LogP contribution in [0.1, 0.15) is 17.5 Å². The average Bonchev–Trinajstić information content (AvgIpc) is 2.93. The molecule has 0 spiro atoms. The molecule has 0 aromatic carbocycles. The van der Waals surface area contributed by atoms with Crippen molar-refractivity contribution in [1.82, 2.24) is 65.1 Å². The van der Waals surface area contributed by atoms with E-state index in [9.17, 15) is 0 Å². The predicted molar refractivity (Wildman–Crippen MR) is 183 cm³/mol. The summed E-state index contributed by atoms with van der Waals surface area (Å²) in [6, 6.07) is 0. The molecule has 0 fully saturated rings. The first-order valence-electron chi connectivity index (χ1n) is 12.1. The summed E-state index contributed by atoms with van der Waals surface area (Å²) in [5, 5.41) is 3.25. The number of hydrogen-bond acceptors (Lipinski definition) is 19. The lowest BCUT2D eigenvalue weighted by Gasteiger charge is -2.10. The Morgan fingerprint density at radius 1 is 0.457 bits per heavy atom. The monoisotopic (exact) mass is 763 g/mol. The summed E-state index contributed by atoms with van der Waals surface area (Å²) in [5.74, 6) is 16.5. The molecule has 0 atom stereocenters. The third kappa shape index (κ3) is 21.7. The van der Waals surface area contributed by atoms with Gasteiger partial charge in [0.05, 0.1) is 0 Å². The van der Waals surface area contributed by atoms with E-state index in [4.69, 9.17) is 75.4 Å². The highest BCUT2D eigenvalue weighted by Gasteiger charge is 2.04. The molecule has 0 aliphatic carbocycles. The summed E-state index contributed by atoms with van der Waals surface area (Å²) in [5.41, 5.74) is 2.37. The molecular formula is C21H35Cl6N19. The number of hydrazine groups is 2. The summed E-state index contributed by atoms with van der Waals surface area (Å²) in [6.45, 7) is 5.26. The molecule has 4 rings (SSSR count). The molecular weight excluding hydrogens is 731 g/mol. The second-order valence-electron chi connectivity index (χ2n) is 7.95. The van der Waals surface area contributed by atoms with Crippen LogP contribution in [0, 0.1) is 20.8 Å². The number of anilines is 3. The second-order valence-corrected chi connectivity index (χ2v) is 9.98. The maximum absolute atomic E-state index is 5.61. The van der Waals surface area contributed by atoms with Crippen molar-refractivity contribution in [2.75, 3.05) is 57.5 Å². The van der Waals surface area contributed by atoms with Crippen LogP contribution in [0.25, 0.3) is 0 Å². The van der Waals surface area contributed by atoms with Crippen molar-refractivity contribution in [2.45, 2.75) is 20.8 Å². The molecule has 0 bridgehead atoms. The van der Waals surface area contributed by atoms with Gasteiger partial charge in [-0.1, -0.05) is 0 Å². The Hall–Kier alpha value is -2.98. The number of nitrogens with two attached hydrogens (primary N) is 3. The van der Waals surface area contributed by atoms with E-state index in [1.54, 1.807) is 30.6 Å². The fraction of sp³-hybridized carbons (Fsp3) is 0.429. The van der Waals surface area contributed by atoms with E-state index >= 15 is 0 Å². The normalized spacial score (nSPS) is 9.17. The van der Waals surface area contributed by atoms with Crippen LogP contribution in [0.4, 0.5) is 17.8 Å². The molecule has 0 unspecified atom stereocenters. The van der Waals surface area contributed by atoms with Gasteiger partial charge in [-0.15, -0.1) is 0 Å². The summed E-state index contributed by atoms with van der Waals surface area (Å²) in [6.07, 6.45) is 0. The van der Waals surface area contributed by atoms with Gasteiger partial charge in [0, 0.05) is 28.2 Å². The molecule has 256 valence electrons. The van der Waals surface area contributed by atoms with Gasteiger partial charge >= 0.3 is 0 Å². The fourth-order valence-corrected chi connectivity index (χ4v) is 3.35. The summed E-state index contributed by atoms with van der Waals surface area (Å²) >= 11 is 32.4. The molecule has 25 heteroatoms. The van der Waals surface area contributed by atoms with Crippen molar-refractivity contribution < 1.29 is 0 Å². The van der Waals surface area contributed by atoms with Crippen molar-refractivity contribution >= 4 is 87.5 Å². The Bertz CT molecular complexity index is 1260. The largest absolute Gasteiger partial charge is 0.347 e. The minimum Gasteiger partial charge on any atom is -0.347 e. The Morgan fingerprint density at radius 2 is 0.717 bits per heavy atom. The van der Waals surface area contributed by atoms with Crippen molar-refractivity contribution in [2.24, 2.45) is 17.5 Å². The maximum Gasteiger partial charge on any atom is 0.242 e. The van der Waals surface area contributed by atoms with Gasteiger partial charge < -0.3 is 15.1 Å². The number of halogens is 6. The fourth-order valence-electron chi connectivity index (χ4n) is 2.09. The molecule has 8 N–H and O–H groups in total. The van der Waals surface area contributed by atoms with Crippen LogP contribution in [0.15, 0.2) is 0 Å². The van der Waals surface area contributed by atoms with Gasteiger partial charge in [0.1, 0.15) is 17.5 Å². The van der Waals surface area contributed by atoms with E-state index < -0.39 is 0 Å². The molecule has 0 amide bonds. The van der Waals surface area contributed by atoms with Gasteiger partial charge in [-0.25, -0.2) is 20.8 Å². The van der Waals surface area contributed by atoms with E-state index in [2.05, 4.69) is 82.2 Å². The number of nitrogens with one attached hydrogen (secondary N) is 2. The Morgan fingerprint density at radius 3 is 1.00 bits per heavy atom. The molecule has 0 radical (unpaired) electrons. The predicted octanol–water partition coefficient (Wildman–Crippen LogP) is 2.40. The van der Waals surface area contributed by atoms with Crippen LogP contribution < -0.4 is 38.1 Å². The SMILES string of the molecule is CNC.Cc1nc(Cl)nc(Cl)n1.Cc1nc(Cl)nc(N(C)C)n1.Cc1nc(NN)nc(N(C)C)n1.Clc1nc(Cl)nc(Cl)n1.NN. The number of hydrogen-bond donors (Lipinski definition) is 5. The smallest absolute Gasteiger partial charge is 0.242 e. The van der Waals surface area contributed by atoms with Gasteiger partial charge in [0.25, 0.3) is 0 Å². The lowest BCUT2D eigenvalue weighted by Crippen LogP contribution is -2.18. The Labute approximate surface area is 296 Å². The number of nitrogen functional groups attached to an aromatic ring is 1. The van der Waals surface area contributed by atoms with Crippen molar-refractivity contribution in [3.05, 3.63) is 49.2 Å². The first-order chi connectivity index (χ1) is 21.5. The summed E-state index contributed by atoms with van der Waals surface area (Å²) in [7, 11) is 11.2. The first kappa shape index (κ1) is 45.1. The number of aryl methyl sites for hydroxylation is 3. The van der Waals surface area contributed by atoms with E-state index in [1.807, 2.05) is 42.3 Å². The molecule has 4 aromatic rings. The molecule has 0 aliphatic rings. The van der Waals surface area contributed by atoms with E-state index in [0.29, 0.717) is 35.3 Å². The molecule has 19 nitrogen and oxygen atoms in total. The molecule has 0 saturated heterocycles. The van der Waals surface area contributed by atoms with Crippen LogP contribution >= 0.6 is 69.6 Å². The third-order valence-electron chi connectivity index (χ3n) is 3.62. The van der Waals surface area contributed by atoms with Crippen molar-refractivity contribution in [1.29, 1.82) is 0 Å². The van der Waals surface area contributed by atoms with Gasteiger partial charge in [-0.05, 0) is 104 Å². The van der Waals surface area contributed by atoms with Gasteiger partial charge in [0.15, 0.2) is 0 Å². The van der Waals surface area contributed by atoms with E-state index in [1.165, 1.54) is 0 Å². The van der Waals surface area contributed by atoms with Crippen LogP contribution in [0.3, 0.4) is 0 Å². The minimum atomic E-state index is 0.000000000000000444. The van der Waals surface area contributed by atoms with E-state index in [-0.39, 0.29) is 31.7 Å². The average molecular weight is 766 g/mol. The summed E-state index contributed by atoms with van der Waals surface area (Å²) in [4.78, 5) is 48.7. The zero-order valence-electron chi connectivity index (χ0n) is 26.3. The first-order valence-corrected chi connectivity index (χ1v) is 14.4. The zero-order valence-corrected chi connectivity index (χ0v) is 30.8. The molecule has 4 aromatic heterocycles. The standard InChI is InChI=1S/C6H9ClN4.C6H12N6.C4H3Cl2N3.C3Cl3N3.C2H7N.H4N2/c1-4-8-5(7)10-6(9-4)11(2)3;1-4-8-5(11-7)10-6(9-4)12(2)3;1-2-7-3(5)9-4(6)8-2;4-1-7-2(5)9-3(6)8-1;1-3-2;1-2/h1-3H3;7H2,1-3H3,(H,8,9,10,11);1H3;;3H,1-2H3;1-2H2. The topological polar surface area (TPSA) is 263 Å². The van der Waals surface area contributed by atoms with Crippen LogP contribution in [0.5, 0.6) is 0 Å². The molecule has 4 heterocycles. The summed E-state index contributed by atoms with van der Waals surface area (Å²) < 4.78 is 0. The van der Waals surface area contributed by atoms with Crippen molar-refractivity contribution in [3.63, 3.8) is 0 Å². The van der Waals surface area contributed by atoms with Gasteiger partial charge in [-0.2, -0.15) is 44.9 Å². The third-order valence-corrected chi connectivity index (χ3v) is 4.63. The van der Waals surface area contributed by atoms with Gasteiger partial charge in [0.2, 0.25) is 49.5 Å². The lowest BCUT2D eigenvalue weighted by atomic mass is 10.6. The number of rotatable bonds is 3. The highest BCUT2D eigenvalue weighted by atomic mass is 35.5. The van der Waals surface area contributed by atoms with Crippen LogP contribution in [0.2, 0.25) is 31.7 Å². The molecule has 0 saturated carbocycles. The highest BCUT2D eigenvalue weighted by Crippen LogP contribution is 2.09. The number of nitrogens with zero attached hydrogens (tertiary/aromatic N) is 14. The Kier molecular flexibility index (Phi) is 24.7. The van der Waals surface area contributed by atoms with Gasteiger partial charge in [-0.3, -0.25) is 17.1 Å².